The molecule has 18 heavy (non-hydrogen) atoms. The van der Waals surface area contributed by atoms with Crippen molar-refractivity contribution in [2.24, 2.45) is 0 Å². The van der Waals surface area contributed by atoms with E-state index in [9.17, 15) is 8.42 Å². The Morgan fingerprint density at radius 2 is 1.94 bits per heavy atom. The molecule has 6 nitrogen and oxygen atoms in total. The Morgan fingerprint density at radius 1 is 1.28 bits per heavy atom. The van der Waals surface area contributed by atoms with Crippen LogP contribution >= 0.6 is 0 Å². The van der Waals surface area contributed by atoms with Crippen molar-refractivity contribution < 1.29 is 8.42 Å². The van der Waals surface area contributed by atoms with Crippen LogP contribution in [0.1, 0.15) is 18.0 Å². The van der Waals surface area contributed by atoms with Crippen molar-refractivity contribution in [2.45, 2.75) is 12.2 Å². The molecule has 0 amide bonds. The van der Waals surface area contributed by atoms with Gasteiger partial charge in [0, 0.05) is 20.4 Å². The van der Waals surface area contributed by atoms with Gasteiger partial charge in [-0.15, -0.1) is 0 Å². The number of hydrogen-bond donors (Lipinski definition) is 1. The first kappa shape index (κ1) is 12.8. The molecule has 0 aliphatic carbocycles. The van der Waals surface area contributed by atoms with Crippen molar-refractivity contribution in [2.75, 3.05) is 25.3 Å². The molecule has 2 rings (SSSR count). The minimum atomic E-state index is -3.16. The van der Waals surface area contributed by atoms with Crippen LogP contribution in [0.4, 0.5) is 5.82 Å². The van der Waals surface area contributed by atoms with Gasteiger partial charge < -0.3 is 9.88 Å². The molecule has 0 bridgehead atoms. The molecule has 0 aliphatic rings. The highest BCUT2D eigenvalue weighted by molar-refractivity contribution is 7.90. The molecule has 0 spiro atoms. The molecule has 1 unspecified atom stereocenters. The van der Waals surface area contributed by atoms with Gasteiger partial charge in [0.2, 0.25) is 0 Å². The number of pyridine rings is 1. The summed E-state index contributed by atoms with van der Waals surface area (Å²) in [6, 6.07) is 3.71. The van der Waals surface area contributed by atoms with Crippen molar-refractivity contribution in [1.29, 1.82) is 0 Å². The number of anilines is 1. The molecule has 0 aromatic carbocycles. The molecule has 0 aliphatic heterocycles. The Hall–Kier alpha value is -1.63. The molecule has 2 heterocycles. The van der Waals surface area contributed by atoms with Crippen LogP contribution in [0.5, 0.6) is 0 Å². The number of aromatic nitrogens is 3. The minimum Gasteiger partial charge on any atom is -0.363 e. The van der Waals surface area contributed by atoms with Crippen molar-refractivity contribution in [3.63, 3.8) is 0 Å². The lowest BCUT2D eigenvalue weighted by Crippen LogP contribution is -2.10. The predicted octanol–water partition coefficient (Wildman–Crippen LogP) is 1.13. The average molecular weight is 268 g/mol. The summed E-state index contributed by atoms with van der Waals surface area (Å²) in [5.74, 6) is 1.21. The van der Waals surface area contributed by atoms with Gasteiger partial charge in [-0.2, -0.15) is 0 Å². The zero-order valence-electron chi connectivity index (χ0n) is 10.8. The third-order valence-electron chi connectivity index (χ3n) is 2.84. The number of H-pyrrole nitrogens is 1. The Labute approximate surface area is 106 Å². The van der Waals surface area contributed by atoms with Gasteiger partial charge in [-0.1, -0.05) is 0 Å². The summed E-state index contributed by atoms with van der Waals surface area (Å²) in [7, 11) is 0.618. The normalized spacial score (nSPS) is 13.8. The molecule has 0 fully saturated rings. The second-order valence-electron chi connectivity index (χ2n) is 4.53. The third kappa shape index (κ3) is 2.31. The van der Waals surface area contributed by atoms with Crippen molar-refractivity contribution in [3.05, 3.63) is 18.0 Å². The maximum atomic E-state index is 11.5. The van der Waals surface area contributed by atoms with E-state index in [4.69, 9.17) is 0 Å². The second-order valence-corrected chi connectivity index (χ2v) is 6.90. The van der Waals surface area contributed by atoms with Gasteiger partial charge in [-0.25, -0.2) is 18.4 Å². The summed E-state index contributed by atoms with van der Waals surface area (Å²) >= 11 is 0. The molecule has 1 N–H and O–H groups in total. The fraction of sp³-hybridized carbons (Fsp3) is 0.455. The average Bonchev–Trinajstić information content (AvgIpc) is 2.68. The van der Waals surface area contributed by atoms with Crippen LogP contribution in [-0.2, 0) is 9.84 Å². The molecule has 7 heteroatoms. The summed E-state index contributed by atoms with van der Waals surface area (Å²) in [6.07, 6.45) is 1.20. The molecule has 0 radical (unpaired) electrons. The number of nitrogens with one attached hydrogen (secondary N) is 1. The number of aromatic amines is 1. The van der Waals surface area contributed by atoms with Crippen LogP contribution in [0, 0.1) is 0 Å². The Balaban J connectivity index is 2.51. The van der Waals surface area contributed by atoms with Crippen LogP contribution < -0.4 is 4.90 Å². The summed E-state index contributed by atoms with van der Waals surface area (Å²) in [5, 5.41) is -0.658. The smallest absolute Gasteiger partial charge is 0.179 e. The summed E-state index contributed by atoms with van der Waals surface area (Å²) < 4.78 is 23.0. The lowest BCUT2D eigenvalue weighted by molar-refractivity contribution is 0.590. The highest BCUT2D eigenvalue weighted by Crippen LogP contribution is 2.21. The number of rotatable bonds is 3. The van der Waals surface area contributed by atoms with Gasteiger partial charge in [0.1, 0.15) is 16.9 Å². The van der Waals surface area contributed by atoms with Crippen LogP contribution in [0.25, 0.3) is 11.2 Å². The maximum absolute atomic E-state index is 11.5. The lowest BCUT2D eigenvalue weighted by atomic mass is 10.4. The third-order valence-corrected chi connectivity index (χ3v) is 4.34. The fourth-order valence-electron chi connectivity index (χ4n) is 1.55. The molecule has 1 atom stereocenters. The SMILES string of the molecule is CC(c1nc2nc(N(C)C)ccc2[nH]1)S(C)(=O)=O. The van der Waals surface area contributed by atoms with Crippen molar-refractivity contribution in [1.82, 2.24) is 15.0 Å². The molecule has 2 aromatic rings. The molecule has 0 saturated carbocycles. The van der Waals surface area contributed by atoms with Gasteiger partial charge >= 0.3 is 0 Å². The van der Waals surface area contributed by atoms with E-state index in [0.29, 0.717) is 11.5 Å². The molecular formula is C11H16N4O2S. The van der Waals surface area contributed by atoms with Crippen LogP contribution in [0.2, 0.25) is 0 Å². The number of imidazole rings is 1. The van der Waals surface area contributed by atoms with E-state index in [-0.39, 0.29) is 0 Å². The Morgan fingerprint density at radius 3 is 2.50 bits per heavy atom. The van der Waals surface area contributed by atoms with Gasteiger partial charge in [0.25, 0.3) is 0 Å². The molecular weight excluding hydrogens is 252 g/mol. The van der Waals surface area contributed by atoms with Crippen molar-refractivity contribution >= 4 is 26.8 Å². The van der Waals surface area contributed by atoms with E-state index < -0.39 is 15.1 Å². The van der Waals surface area contributed by atoms with Gasteiger partial charge in [-0.3, -0.25) is 0 Å². The first-order valence-corrected chi connectivity index (χ1v) is 7.47. The van der Waals surface area contributed by atoms with Gasteiger partial charge in [0.05, 0.1) is 5.52 Å². The number of nitrogens with zero attached hydrogens (tertiary/aromatic N) is 3. The van der Waals surface area contributed by atoms with E-state index in [2.05, 4.69) is 15.0 Å². The maximum Gasteiger partial charge on any atom is 0.179 e. The van der Waals surface area contributed by atoms with E-state index in [1.165, 1.54) is 6.26 Å². The highest BCUT2D eigenvalue weighted by Gasteiger charge is 2.21. The molecule has 0 saturated heterocycles. The fourth-order valence-corrected chi connectivity index (χ4v) is 2.06. The largest absolute Gasteiger partial charge is 0.363 e. The highest BCUT2D eigenvalue weighted by atomic mass is 32.2. The number of hydrogen-bond acceptors (Lipinski definition) is 5. The van der Waals surface area contributed by atoms with Crippen LogP contribution in [0.3, 0.4) is 0 Å². The molecule has 2 aromatic heterocycles. The monoisotopic (exact) mass is 268 g/mol. The zero-order valence-corrected chi connectivity index (χ0v) is 11.6. The molecule has 98 valence electrons. The zero-order chi connectivity index (χ0) is 13.5. The quantitative estimate of drug-likeness (QED) is 0.902. The predicted molar refractivity (Wildman–Crippen MR) is 71.5 cm³/mol. The summed E-state index contributed by atoms with van der Waals surface area (Å²) in [6.45, 7) is 1.61. The standard InChI is InChI=1S/C11H16N4O2S/c1-7(18(4,16)17)10-12-8-5-6-9(15(2)3)13-11(8)14-10/h5-7H,1-4H3,(H,12,13,14). The summed E-state index contributed by atoms with van der Waals surface area (Å²) in [5.41, 5.74) is 1.28. The van der Waals surface area contributed by atoms with E-state index in [0.717, 1.165) is 11.3 Å². The lowest BCUT2D eigenvalue weighted by Gasteiger charge is -2.09. The van der Waals surface area contributed by atoms with Crippen molar-refractivity contribution in [3.8, 4) is 0 Å². The Kier molecular flexibility index (Phi) is 3.02. The first-order chi connectivity index (χ1) is 8.29. The summed E-state index contributed by atoms with van der Waals surface area (Å²) in [4.78, 5) is 13.5. The minimum absolute atomic E-state index is 0.427. The number of fused-ring (bicyclic) bond motifs is 1. The first-order valence-electron chi connectivity index (χ1n) is 5.52. The second kappa shape index (κ2) is 4.24. The van der Waals surface area contributed by atoms with Gasteiger partial charge in [-0.05, 0) is 19.1 Å². The Bertz CT molecular complexity index is 675. The van der Waals surface area contributed by atoms with E-state index in [1.54, 1.807) is 6.92 Å². The van der Waals surface area contributed by atoms with Crippen LogP contribution in [0.15, 0.2) is 12.1 Å². The number of sulfone groups is 1. The van der Waals surface area contributed by atoms with E-state index >= 15 is 0 Å². The van der Waals surface area contributed by atoms with Crippen LogP contribution in [-0.4, -0.2) is 43.7 Å². The topological polar surface area (TPSA) is 79.0 Å². The van der Waals surface area contributed by atoms with Gasteiger partial charge in [0.15, 0.2) is 15.5 Å². The van der Waals surface area contributed by atoms with E-state index in [1.807, 2.05) is 31.1 Å².